The fraction of sp³-hybridized carbons (Fsp3) is 0.522. The van der Waals surface area contributed by atoms with Crippen LogP contribution >= 0.6 is 0 Å². The van der Waals surface area contributed by atoms with Gasteiger partial charge in [-0.25, -0.2) is 4.79 Å². The summed E-state index contributed by atoms with van der Waals surface area (Å²) in [5, 5.41) is 35.6. The van der Waals surface area contributed by atoms with Crippen LogP contribution in [0.1, 0.15) is 39.2 Å². The van der Waals surface area contributed by atoms with Crippen molar-refractivity contribution in [2.24, 2.45) is 17.4 Å². The van der Waals surface area contributed by atoms with E-state index in [0.29, 0.717) is 5.56 Å². The zero-order valence-corrected chi connectivity index (χ0v) is 20.4. The predicted molar refractivity (Wildman–Crippen MR) is 128 cm³/mol. The number of aromatic hydroxyl groups is 1. The van der Waals surface area contributed by atoms with E-state index in [1.807, 2.05) is 0 Å². The summed E-state index contributed by atoms with van der Waals surface area (Å²) in [6.07, 6.45) is -1.80. The van der Waals surface area contributed by atoms with E-state index in [9.17, 15) is 39.3 Å². The lowest BCUT2D eigenvalue weighted by molar-refractivity contribution is -0.142. The smallest absolute Gasteiger partial charge is 0.326 e. The maximum Gasteiger partial charge on any atom is 0.326 e. The lowest BCUT2D eigenvalue weighted by Gasteiger charge is -2.26. The molecule has 36 heavy (non-hydrogen) atoms. The number of aliphatic carboxylic acids is 1. The number of amides is 4. The molecule has 0 saturated carbocycles. The normalized spacial score (nSPS) is 15.2. The van der Waals surface area contributed by atoms with E-state index in [4.69, 9.17) is 11.5 Å². The molecule has 13 nitrogen and oxygen atoms in total. The minimum atomic E-state index is -1.48. The van der Waals surface area contributed by atoms with Crippen molar-refractivity contribution in [1.82, 2.24) is 16.0 Å². The highest BCUT2D eigenvalue weighted by Crippen LogP contribution is 2.12. The number of carboxylic acid groups (broad SMARTS) is 1. The van der Waals surface area contributed by atoms with Crippen molar-refractivity contribution in [3.63, 3.8) is 0 Å². The Kier molecular flexibility index (Phi) is 11.8. The van der Waals surface area contributed by atoms with Crippen molar-refractivity contribution >= 4 is 29.6 Å². The number of hydrogen-bond donors (Lipinski definition) is 8. The summed E-state index contributed by atoms with van der Waals surface area (Å²) in [6.45, 7) is 4.83. The third-order valence-corrected chi connectivity index (χ3v) is 5.19. The number of phenolic OH excluding ortho intramolecular Hbond substituents is 1. The average molecular weight is 510 g/mol. The molecule has 200 valence electrons. The van der Waals surface area contributed by atoms with Gasteiger partial charge in [-0.1, -0.05) is 26.0 Å². The number of rotatable bonds is 14. The van der Waals surface area contributed by atoms with Crippen LogP contribution in [0.5, 0.6) is 5.75 Å². The SMILES string of the molecule is CC(C)CC(NC(=O)C(CC(N)=O)NC(=O)C(N)C(C)O)C(=O)NC(Cc1ccc(O)cc1)C(=O)O. The standard InChI is InChI=1S/C23H35N5O8/c1-11(2)8-15(20(32)28-17(23(35)36)9-13-4-6-14(30)7-5-13)26-21(33)16(10-18(24)31)27-22(34)19(25)12(3)29/h4-7,11-12,15-17,19,29-30H,8-10,25H2,1-3H3,(H2,24,31)(H,26,33)(H,27,34)(H,28,32)(H,35,36). The van der Waals surface area contributed by atoms with E-state index in [2.05, 4.69) is 16.0 Å². The van der Waals surface area contributed by atoms with Crippen LogP contribution in [0.15, 0.2) is 24.3 Å². The van der Waals surface area contributed by atoms with Gasteiger partial charge in [-0.3, -0.25) is 19.2 Å². The number of nitrogens with two attached hydrogens (primary N) is 2. The second kappa shape index (κ2) is 14.0. The number of carbonyl (C=O) groups excluding carboxylic acids is 4. The Balaban J connectivity index is 3.03. The van der Waals surface area contributed by atoms with E-state index in [1.165, 1.54) is 31.2 Å². The van der Waals surface area contributed by atoms with Crippen LogP contribution in [0.3, 0.4) is 0 Å². The number of aliphatic hydroxyl groups is 1. The lowest BCUT2D eigenvalue weighted by atomic mass is 10.0. The van der Waals surface area contributed by atoms with Crippen LogP contribution in [-0.2, 0) is 30.4 Å². The summed E-state index contributed by atoms with van der Waals surface area (Å²) < 4.78 is 0. The molecule has 0 heterocycles. The molecule has 0 aliphatic carbocycles. The summed E-state index contributed by atoms with van der Waals surface area (Å²) in [7, 11) is 0. The highest BCUT2D eigenvalue weighted by Gasteiger charge is 2.32. The maximum atomic E-state index is 13.0. The van der Waals surface area contributed by atoms with Gasteiger partial charge in [0.1, 0.15) is 29.9 Å². The molecule has 0 aromatic heterocycles. The number of hydrogen-bond acceptors (Lipinski definition) is 8. The quantitative estimate of drug-likeness (QED) is 0.140. The summed E-state index contributed by atoms with van der Waals surface area (Å²) in [6, 6.07) is 0.409. The zero-order valence-electron chi connectivity index (χ0n) is 20.4. The highest BCUT2D eigenvalue weighted by atomic mass is 16.4. The van der Waals surface area contributed by atoms with Gasteiger partial charge in [0.15, 0.2) is 0 Å². The van der Waals surface area contributed by atoms with Gasteiger partial charge in [-0.15, -0.1) is 0 Å². The fourth-order valence-electron chi connectivity index (χ4n) is 3.21. The van der Waals surface area contributed by atoms with Crippen molar-refractivity contribution in [2.75, 3.05) is 0 Å². The van der Waals surface area contributed by atoms with Gasteiger partial charge in [-0.2, -0.15) is 0 Å². The van der Waals surface area contributed by atoms with Gasteiger partial charge in [-0.05, 0) is 37.0 Å². The van der Waals surface area contributed by atoms with Crippen LogP contribution in [-0.4, -0.2) is 75.2 Å². The second-order valence-electron chi connectivity index (χ2n) is 8.96. The molecule has 1 rings (SSSR count). The monoisotopic (exact) mass is 509 g/mol. The summed E-state index contributed by atoms with van der Waals surface area (Å²) in [5.41, 5.74) is 11.3. The number of carbonyl (C=O) groups is 5. The first-order chi connectivity index (χ1) is 16.7. The predicted octanol–water partition coefficient (Wildman–Crippen LogP) is -1.90. The third-order valence-electron chi connectivity index (χ3n) is 5.19. The minimum Gasteiger partial charge on any atom is -0.508 e. The first-order valence-electron chi connectivity index (χ1n) is 11.3. The molecule has 0 saturated heterocycles. The van der Waals surface area contributed by atoms with Crippen LogP contribution in [0.25, 0.3) is 0 Å². The van der Waals surface area contributed by atoms with Crippen LogP contribution in [0.4, 0.5) is 0 Å². The molecular weight excluding hydrogens is 474 g/mol. The Bertz CT molecular complexity index is 935. The number of carboxylic acids is 1. The molecule has 4 amide bonds. The Morgan fingerprint density at radius 2 is 1.36 bits per heavy atom. The summed E-state index contributed by atoms with van der Waals surface area (Å²) in [4.78, 5) is 61.3. The van der Waals surface area contributed by atoms with Gasteiger partial charge in [0.2, 0.25) is 23.6 Å². The molecule has 1 aromatic carbocycles. The first-order valence-corrected chi connectivity index (χ1v) is 11.3. The number of phenols is 1. The molecule has 0 aliphatic heterocycles. The van der Waals surface area contributed by atoms with Crippen LogP contribution in [0, 0.1) is 5.92 Å². The highest BCUT2D eigenvalue weighted by molar-refractivity contribution is 5.96. The summed E-state index contributed by atoms with van der Waals surface area (Å²) in [5.74, 6) is -4.92. The Labute approximate surface area is 208 Å². The average Bonchev–Trinajstić information content (AvgIpc) is 2.77. The number of aliphatic hydroxyl groups excluding tert-OH is 1. The second-order valence-corrected chi connectivity index (χ2v) is 8.96. The number of benzene rings is 1. The molecule has 0 aliphatic rings. The van der Waals surface area contributed by atoms with Gasteiger partial charge < -0.3 is 42.7 Å². The topological polar surface area (TPSA) is 234 Å². The Morgan fingerprint density at radius 1 is 0.861 bits per heavy atom. The van der Waals surface area contributed by atoms with Crippen LogP contribution < -0.4 is 27.4 Å². The third kappa shape index (κ3) is 10.3. The largest absolute Gasteiger partial charge is 0.508 e. The van der Waals surface area contributed by atoms with E-state index >= 15 is 0 Å². The van der Waals surface area contributed by atoms with Crippen molar-refractivity contribution in [3.05, 3.63) is 29.8 Å². The molecule has 10 N–H and O–H groups in total. The molecule has 0 spiro atoms. The van der Waals surface area contributed by atoms with E-state index in [0.717, 1.165) is 0 Å². The van der Waals surface area contributed by atoms with Crippen molar-refractivity contribution in [2.45, 2.75) is 70.3 Å². The Morgan fingerprint density at radius 3 is 1.83 bits per heavy atom. The molecule has 0 fully saturated rings. The van der Waals surface area contributed by atoms with Crippen molar-refractivity contribution in [1.29, 1.82) is 0 Å². The first kappa shape index (κ1) is 30.3. The van der Waals surface area contributed by atoms with Gasteiger partial charge in [0, 0.05) is 6.42 Å². The number of primary amides is 1. The van der Waals surface area contributed by atoms with Crippen molar-refractivity contribution < 1.29 is 39.3 Å². The van der Waals surface area contributed by atoms with E-state index in [-0.39, 0.29) is 24.5 Å². The minimum absolute atomic E-state index is 0.00128. The van der Waals surface area contributed by atoms with Gasteiger partial charge in [0.05, 0.1) is 12.5 Å². The Hall–Kier alpha value is -3.71. The molecule has 0 radical (unpaired) electrons. The lowest BCUT2D eigenvalue weighted by Crippen LogP contribution is -2.59. The zero-order chi connectivity index (χ0) is 27.6. The summed E-state index contributed by atoms with van der Waals surface area (Å²) >= 11 is 0. The van der Waals surface area contributed by atoms with E-state index in [1.54, 1.807) is 13.8 Å². The van der Waals surface area contributed by atoms with Gasteiger partial charge >= 0.3 is 5.97 Å². The van der Waals surface area contributed by atoms with E-state index < -0.39 is 66.3 Å². The van der Waals surface area contributed by atoms with Gasteiger partial charge in [0.25, 0.3) is 0 Å². The van der Waals surface area contributed by atoms with Crippen LogP contribution in [0.2, 0.25) is 0 Å². The molecule has 0 bridgehead atoms. The molecule has 5 atom stereocenters. The van der Waals surface area contributed by atoms with Crippen molar-refractivity contribution in [3.8, 4) is 5.75 Å². The molecule has 5 unspecified atom stereocenters. The molecule has 1 aromatic rings. The maximum absolute atomic E-state index is 13.0. The molecule has 13 heteroatoms. The molecular formula is C23H35N5O8. The number of nitrogens with one attached hydrogen (secondary N) is 3. The fourth-order valence-corrected chi connectivity index (χ4v) is 3.21.